The molecule has 0 radical (unpaired) electrons. The Morgan fingerprint density at radius 1 is 1.13 bits per heavy atom. The third-order valence-corrected chi connectivity index (χ3v) is 11.5. The van der Waals surface area contributed by atoms with Gasteiger partial charge in [-0.25, -0.2) is 8.42 Å². The second-order valence-corrected chi connectivity index (χ2v) is 14.7. The highest BCUT2D eigenvalue weighted by Gasteiger charge is 2.58. The van der Waals surface area contributed by atoms with E-state index in [-0.39, 0.29) is 34.5 Å². The topological polar surface area (TPSA) is 134 Å². The molecular weight excluding hydrogens is 647 g/mol. The Hall–Kier alpha value is -4.09. The zero-order chi connectivity index (χ0) is 33.1. The number of carbonyl (C=O) groups excluding carboxylic acids is 2. The van der Waals surface area contributed by atoms with Gasteiger partial charge in [0.05, 0.1) is 32.8 Å². The fourth-order valence-electron chi connectivity index (χ4n) is 5.93. The summed E-state index contributed by atoms with van der Waals surface area (Å²) in [6.07, 6.45) is 0.653. The van der Waals surface area contributed by atoms with Crippen LogP contribution in [-0.2, 0) is 31.9 Å². The molecule has 46 heavy (non-hydrogen) atoms. The first-order valence-electron chi connectivity index (χ1n) is 14.5. The van der Waals surface area contributed by atoms with Crippen molar-refractivity contribution in [2.24, 2.45) is 7.05 Å². The molecule has 1 aromatic heterocycles. The minimum absolute atomic E-state index is 0.250. The number of hydrogen-bond donors (Lipinski definition) is 1. The number of hydrogen-bond acceptors (Lipinski definition) is 7. The van der Waals surface area contributed by atoms with E-state index in [2.05, 4.69) is 21.2 Å². The second kappa shape index (κ2) is 11.3. The number of nitriles is 1. The average Bonchev–Trinajstić information content (AvgIpc) is 3.89. The minimum atomic E-state index is -4.60. The molecule has 2 aromatic carbocycles. The van der Waals surface area contributed by atoms with Gasteiger partial charge in [-0.1, -0.05) is 35.9 Å². The fraction of sp³-hybridized carbons (Fsp3) is 0.419. The summed E-state index contributed by atoms with van der Waals surface area (Å²) in [4.78, 5) is 28.7. The molecule has 2 saturated carbocycles. The smallest absolute Gasteiger partial charge is 0.422 e. The van der Waals surface area contributed by atoms with Gasteiger partial charge in [-0.15, -0.1) is 0 Å². The van der Waals surface area contributed by atoms with Crippen molar-refractivity contribution < 1.29 is 35.9 Å². The number of sulfone groups is 1. The normalized spacial score (nSPS) is 21.3. The molecule has 2 amide bonds. The number of rotatable bonds is 9. The molecule has 6 rings (SSSR count). The molecular formula is C31H29ClF3N5O5S. The summed E-state index contributed by atoms with van der Waals surface area (Å²) in [5, 5.41) is 14.9. The summed E-state index contributed by atoms with van der Waals surface area (Å²) >= 11 is 6.23. The van der Waals surface area contributed by atoms with E-state index in [0.717, 1.165) is 34.9 Å². The third kappa shape index (κ3) is 6.05. The van der Waals surface area contributed by atoms with Crippen molar-refractivity contribution in [2.45, 2.75) is 65.4 Å². The summed E-state index contributed by atoms with van der Waals surface area (Å²) in [5.41, 5.74) is 0.565. The first-order chi connectivity index (χ1) is 21.7. The molecule has 3 fully saturated rings. The maximum atomic E-state index is 14.3. The lowest BCUT2D eigenvalue weighted by Crippen LogP contribution is -2.51. The maximum absolute atomic E-state index is 14.3. The van der Waals surface area contributed by atoms with Crippen molar-refractivity contribution in [3.8, 4) is 22.9 Å². The number of aryl methyl sites for hydroxylation is 1. The monoisotopic (exact) mass is 675 g/mol. The third-order valence-electron chi connectivity index (χ3n) is 8.84. The Morgan fingerprint density at radius 2 is 1.83 bits per heavy atom. The molecule has 1 N–H and O–H groups in total. The number of nitrogens with zero attached hydrogens (tertiary/aromatic N) is 4. The summed E-state index contributed by atoms with van der Waals surface area (Å²) < 4.78 is 71.8. The number of ether oxygens (including phenoxy) is 1. The van der Waals surface area contributed by atoms with Gasteiger partial charge in [-0.05, 0) is 55.4 Å². The highest BCUT2D eigenvalue weighted by atomic mass is 35.5. The van der Waals surface area contributed by atoms with Crippen LogP contribution in [0.25, 0.3) is 11.1 Å². The van der Waals surface area contributed by atoms with E-state index in [1.54, 1.807) is 10.9 Å². The van der Waals surface area contributed by atoms with Gasteiger partial charge in [0, 0.05) is 31.4 Å². The van der Waals surface area contributed by atoms with Crippen LogP contribution in [0.4, 0.5) is 13.2 Å². The molecule has 10 nitrogen and oxygen atoms in total. The van der Waals surface area contributed by atoms with Crippen LogP contribution in [0.15, 0.2) is 59.8 Å². The number of likely N-dealkylation sites (tertiary alicyclic amines) is 1. The van der Waals surface area contributed by atoms with Crippen LogP contribution in [0, 0.1) is 11.3 Å². The van der Waals surface area contributed by atoms with Crippen molar-refractivity contribution in [3.05, 3.63) is 65.4 Å². The molecule has 0 bridgehead atoms. The quantitative estimate of drug-likeness (QED) is 0.357. The first kappa shape index (κ1) is 31.9. The molecule has 3 aromatic rings. The van der Waals surface area contributed by atoms with Crippen molar-refractivity contribution in [2.75, 3.05) is 13.2 Å². The molecule has 0 unspecified atom stereocenters. The number of carbonyl (C=O) groups is 2. The van der Waals surface area contributed by atoms with E-state index in [0.29, 0.717) is 25.7 Å². The van der Waals surface area contributed by atoms with Crippen LogP contribution in [0.3, 0.4) is 0 Å². The molecule has 0 spiro atoms. The van der Waals surface area contributed by atoms with Gasteiger partial charge < -0.3 is 15.0 Å². The molecule has 1 aliphatic heterocycles. The van der Waals surface area contributed by atoms with Crippen molar-refractivity contribution in [1.29, 1.82) is 5.26 Å². The lowest BCUT2D eigenvalue weighted by atomic mass is 9.92. The summed E-state index contributed by atoms with van der Waals surface area (Å²) in [6.45, 7) is -1.89. The Bertz CT molecular complexity index is 1850. The van der Waals surface area contributed by atoms with Gasteiger partial charge >= 0.3 is 6.18 Å². The van der Waals surface area contributed by atoms with Gasteiger partial charge in [-0.3, -0.25) is 14.3 Å². The van der Waals surface area contributed by atoms with Crippen LogP contribution in [0.2, 0.25) is 5.02 Å². The molecule has 3 aliphatic rings. The lowest BCUT2D eigenvalue weighted by Gasteiger charge is -2.29. The zero-order valence-electron chi connectivity index (χ0n) is 24.6. The van der Waals surface area contributed by atoms with E-state index in [9.17, 15) is 36.4 Å². The van der Waals surface area contributed by atoms with Crippen LogP contribution in [0.1, 0.15) is 37.7 Å². The van der Waals surface area contributed by atoms with Crippen molar-refractivity contribution in [3.63, 3.8) is 0 Å². The Morgan fingerprint density at radius 3 is 2.37 bits per heavy atom. The summed E-state index contributed by atoms with van der Waals surface area (Å²) in [5.74, 6) is -1.27. The summed E-state index contributed by atoms with van der Waals surface area (Å²) in [7, 11) is -2.47. The van der Waals surface area contributed by atoms with Gasteiger partial charge in [0.15, 0.2) is 16.4 Å². The molecule has 2 atom stereocenters. The number of amides is 2. The largest absolute Gasteiger partial charge is 0.484 e. The maximum Gasteiger partial charge on any atom is 0.422 e. The Balaban J connectivity index is 1.27. The predicted molar refractivity (Wildman–Crippen MR) is 159 cm³/mol. The predicted octanol–water partition coefficient (Wildman–Crippen LogP) is 4.33. The van der Waals surface area contributed by atoms with Crippen LogP contribution >= 0.6 is 11.6 Å². The molecule has 1 saturated heterocycles. The number of aromatic nitrogens is 2. The van der Waals surface area contributed by atoms with E-state index in [4.69, 9.17) is 11.6 Å². The molecule has 2 heterocycles. The highest BCUT2D eigenvalue weighted by Crippen LogP contribution is 2.51. The van der Waals surface area contributed by atoms with Gasteiger partial charge in [0.25, 0.3) is 0 Å². The SMILES string of the molecule is Cn1cc(-c2ccc(C3(C(=O)N4C[C@H](S(=O)(=O)c5ccc(OCC(F)(F)F)cc5Cl)C[C@H]4C(=O)NC4(C#N)CC4)CC3)cc2)cn1. The van der Waals surface area contributed by atoms with Crippen molar-refractivity contribution in [1.82, 2.24) is 20.0 Å². The number of benzene rings is 2. The van der Waals surface area contributed by atoms with Crippen LogP contribution in [0.5, 0.6) is 5.75 Å². The van der Waals surface area contributed by atoms with Gasteiger partial charge in [0.1, 0.15) is 17.3 Å². The zero-order valence-corrected chi connectivity index (χ0v) is 26.1. The first-order valence-corrected chi connectivity index (χ1v) is 16.5. The van der Waals surface area contributed by atoms with Crippen LogP contribution < -0.4 is 10.1 Å². The van der Waals surface area contributed by atoms with Gasteiger partial charge in [0.2, 0.25) is 11.8 Å². The number of halogens is 4. The molecule has 15 heteroatoms. The Labute approximate surface area is 268 Å². The second-order valence-electron chi connectivity index (χ2n) is 12.1. The minimum Gasteiger partial charge on any atom is -0.484 e. The standard InChI is InChI=1S/C31H29ClF3N5O5S/c1-39-15-20(14-37-39)19-2-4-21(5-3-19)30(10-11-30)28(42)40-16-23(13-25(40)27(41)38-29(17-36)8-9-29)46(43,44)26-7-6-22(12-24(26)32)45-18-31(33,34)35/h2-7,12,14-15,23,25H,8-11,13,16,18H2,1H3,(H,38,41)/t23-,25+/m1/s1. The molecule has 2 aliphatic carbocycles. The number of nitrogens with one attached hydrogen (secondary N) is 1. The highest BCUT2D eigenvalue weighted by molar-refractivity contribution is 7.92. The summed E-state index contributed by atoms with van der Waals surface area (Å²) in [6, 6.07) is 11.5. The van der Waals surface area contributed by atoms with E-state index in [1.165, 1.54) is 4.90 Å². The van der Waals surface area contributed by atoms with Crippen LogP contribution in [-0.4, -0.2) is 71.1 Å². The van der Waals surface area contributed by atoms with E-state index >= 15 is 0 Å². The number of alkyl halides is 3. The average molecular weight is 676 g/mol. The van der Waals surface area contributed by atoms with E-state index in [1.807, 2.05) is 37.5 Å². The van der Waals surface area contributed by atoms with Crippen molar-refractivity contribution >= 4 is 33.3 Å². The molecule has 242 valence electrons. The van der Waals surface area contributed by atoms with E-state index < -0.39 is 50.8 Å². The fourth-order valence-corrected chi connectivity index (χ4v) is 8.16. The lowest BCUT2D eigenvalue weighted by molar-refractivity contribution is -0.153. The van der Waals surface area contributed by atoms with Gasteiger partial charge in [-0.2, -0.15) is 23.5 Å². The Kier molecular flexibility index (Phi) is 7.84.